The second-order valence-electron chi connectivity index (χ2n) is 4.98. The Hall–Kier alpha value is -1.16. The second kappa shape index (κ2) is 6.53. The molecule has 1 aliphatic rings. The van der Waals surface area contributed by atoms with Gasteiger partial charge in [0.2, 0.25) is 0 Å². The third-order valence-electron chi connectivity index (χ3n) is 3.37. The smallest absolute Gasteiger partial charge is 0.379 e. The van der Waals surface area contributed by atoms with Gasteiger partial charge in [-0.15, -0.1) is 0 Å². The average Bonchev–Trinajstić information content (AvgIpc) is 2.47. The van der Waals surface area contributed by atoms with Gasteiger partial charge in [0.1, 0.15) is 0 Å². The van der Waals surface area contributed by atoms with Crippen molar-refractivity contribution in [2.45, 2.75) is 19.1 Å². The van der Waals surface area contributed by atoms with Gasteiger partial charge in [-0.1, -0.05) is 12.1 Å². The van der Waals surface area contributed by atoms with E-state index in [-0.39, 0.29) is 13.1 Å². The fourth-order valence-corrected chi connectivity index (χ4v) is 3.48. The van der Waals surface area contributed by atoms with Gasteiger partial charge in [-0.25, -0.2) is 0 Å². The van der Waals surface area contributed by atoms with E-state index in [1.807, 2.05) is 0 Å². The van der Waals surface area contributed by atoms with Gasteiger partial charge >= 0.3 is 6.18 Å². The molecule has 0 spiro atoms. The molecule has 0 amide bonds. The number of alkyl halides is 3. The van der Waals surface area contributed by atoms with Crippen molar-refractivity contribution in [3.05, 3.63) is 35.4 Å². The van der Waals surface area contributed by atoms with Crippen LogP contribution in [-0.2, 0) is 21.1 Å². The summed E-state index contributed by atoms with van der Waals surface area (Å²) >= 11 is 0. The van der Waals surface area contributed by atoms with Crippen LogP contribution in [0.15, 0.2) is 24.3 Å². The zero-order valence-electron chi connectivity index (χ0n) is 11.9. The van der Waals surface area contributed by atoms with Crippen LogP contribution in [0.1, 0.15) is 24.1 Å². The minimum absolute atomic E-state index is 0.259. The van der Waals surface area contributed by atoms with Gasteiger partial charge in [0.15, 0.2) is 0 Å². The standard InChI is InChI=1S/C13H17F3N2O3S/c1-10(11-2-4-12(5-3-11)13(14,15)16)17-22(19,20)18-6-8-21-9-7-18/h2-5,10,17H,6-9H2,1H3. The van der Waals surface area contributed by atoms with Crippen LogP contribution in [0.4, 0.5) is 13.2 Å². The predicted molar refractivity (Wildman–Crippen MR) is 74.3 cm³/mol. The van der Waals surface area contributed by atoms with Crippen molar-refractivity contribution in [3.63, 3.8) is 0 Å². The summed E-state index contributed by atoms with van der Waals surface area (Å²) in [4.78, 5) is 0. The zero-order chi connectivity index (χ0) is 16.4. The van der Waals surface area contributed by atoms with Crippen molar-refractivity contribution in [1.29, 1.82) is 0 Å². The molecule has 1 unspecified atom stereocenters. The molecule has 1 aromatic carbocycles. The van der Waals surface area contributed by atoms with Crippen LogP contribution in [0.3, 0.4) is 0 Å². The first-order valence-corrected chi connectivity index (χ1v) is 8.16. The molecule has 1 aromatic rings. The highest BCUT2D eigenvalue weighted by molar-refractivity contribution is 7.87. The van der Waals surface area contributed by atoms with Gasteiger partial charge in [0, 0.05) is 19.1 Å². The van der Waals surface area contributed by atoms with Gasteiger partial charge in [0.25, 0.3) is 10.2 Å². The Balaban J connectivity index is 2.06. The van der Waals surface area contributed by atoms with E-state index in [9.17, 15) is 21.6 Å². The van der Waals surface area contributed by atoms with Crippen LogP contribution in [0.5, 0.6) is 0 Å². The number of nitrogens with one attached hydrogen (secondary N) is 1. The number of halogens is 3. The molecule has 124 valence electrons. The SMILES string of the molecule is CC(NS(=O)(=O)N1CCOCC1)c1ccc(C(F)(F)F)cc1. The lowest BCUT2D eigenvalue weighted by Gasteiger charge is -2.27. The molecule has 0 aliphatic carbocycles. The highest BCUT2D eigenvalue weighted by Gasteiger charge is 2.30. The first-order valence-electron chi connectivity index (χ1n) is 6.72. The summed E-state index contributed by atoms with van der Waals surface area (Å²) < 4.78 is 70.7. The average molecular weight is 338 g/mol. The lowest BCUT2D eigenvalue weighted by atomic mass is 10.1. The largest absolute Gasteiger partial charge is 0.416 e. The third-order valence-corrected chi connectivity index (χ3v) is 5.07. The molecule has 22 heavy (non-hydrogen) atoms. The van der Waals surface area contributed by atoms with E-state index < -0.39 is 28.0 Å². The Labute approximate surface area is 127 Å². The molecule has 0 saturated carbocycles. The molecule has 9 heteroatoms. The molecule has 5 nitrogen and oxygen atoms in total. The summed E-state index contributed by atoms with van der Waals surface area (Å²) in [6.45, 7) is 2.76. The van der Waals surface area contributed by atoms with Crippen LogP contribution in [0.25, 0.3) is 0 Å². The minimum Gasteiger partial charge on any atom is -0.379 e. The molecule has 1 heterocycles. The van der Waals surface area contributed by atoms with E-state index in [2.05, 4.69) is 4.72 Å². The maximum absolute atomic E-state index is 12.5. The summed E-state index contributed by atoms with van der Waals surface area (Å²) in [7, 11) is -3.69. The summed E-state index contributed by atoms with van der Waals surface area (Å²) in [6.07, 6.45) is -4.41. The Morgan fingerprint density at radius 1 is 1.18 bits per heavy atom. The summed E-state index contributed by atoms with van der Waals surface area (Å²) in [5.41, 5.74) is -0.302. The van der Waals surface area contributed by atoms with Crippen LogP contribution in [0, 0.1) is 0 Å². The molecule has 1 fully saturated rings. The van der Waals surface area contributed by atoms with Crippen molar-refractivity contribution in [2.75, 3.05) is 26.3 Å². The van der Waals surface area contributed by atoms with Crippen molar-refractivity contribution < 1.29 is 26.3 Å². The highest BCUT2D eigenvalue weighted by Crippen LogP contribution is 2.30. The summed E-state index contributed by atoms with van der Waals surface area (Å²) in [5.74, 6) is 0. The first-order chi connectivity index (χ1) is 10.2. The van der Waals surface area contributed by atoms with Crippen LogP contribution >= 0.6 is 0 Å². The van der Waals surface area contributed by atoms with E-state index >= 15 is 0 Å². The molecule has 0 aromatic heterocycles. The zero-order valence-corrected chi connectivity index (χ0v) is 12.7. The molecule has 0 radical (unpaired) electrons. The van der Waals surface area contributed by atoms with Crippen molar-refractivity contribution >= 4 is 10.2 Å². The van der Waals surface area contributed by atoms with Gasteiger partial charge in [0.05, 0.1) is 18.8 Å². The number of hydrogen-bond donors (Lipinski definition) is 1. The molecular weight excluding hydrogens is 321 g/mol. The van der Waals surface area contributed by atoms with E-state index in [0.29, 0.717) is 18.8 Å². The second-order valence-corrected chi connectivity index (χ2v) is 6.68. The molecule has 1 N–H and O–H groups in total. The molecule has 1 atom stereocenters. The topological polar surface area (TPSA) is 58.6 Å². The Morgan fingerprint density at radius 2 is 1.73 bits per heavy atom. The van der Waals surface area contributed by atoms with Crippen molar-refractivity contribution in [2.24, 2.45) is 0 Å². The Bertz CT molecular complexity index is 596. The predicted octanol–water partition coefficient (Wildman–Crippen LogP) is 1.93. The summed E-state index contributed by atoms with van der Waals surface area (Å²) in [5, 5.41) is 0. The Kier molecular flexibility index (Phi) is 5.10. The maximum Gasteiger partial charge on any atom is 0.416 e. The van der Waals surface area contributed by atoms with Gasteiger partial charge < -0.3 is 4.74 Å². The lowest BCUT2D eigenvalue weighted by Crippen LogP contribution is -2.47. The van der Waals surface area contributed by atoms with Gasteiger partial charge in [-0.2, -0.15) is 30.6 Å². The number of ether oxygens (including phenoxy) is 1. The Morgan fingerprint density at radius 3 is 2.23 bits per heavy atom. The van der Waals surface area contributed by atoms with Crippen LogP contribution < -0.4 is 4.72 Å². The number of hydrogen-bond acceptors (Lipinski definition) is 3. The number of benzene rings is 1. The van der Waals surface area contributed by atoms with Crippen molar-refractivity contribution in [3.8, 4) is 0 Å². The lowest BCUT2D eigenvalue weighted by molar-refractivity contribution is -0.137. The molecule has 1 saturated heterocycles. The third kappa shape index (κ3) is 4.19. The fourth-order valence-electron chi connectivity index (χ4n) is 2.11. The maximum atomic E-state index is 12.5. The van der Waals surface area contributed by atoms with E-state index in [1.54, 1.807) is 6.92 Å². The van der Waals surface area contributed by atoms with E-state index in [0.717, 1.165) is 12.1 Å². The number of nitrogens with zero attached hydrogens (tertiary/aromatic N) is 1. The number of rotatable bonds is 4. The summed E-state index contributed by atoms with van der Waals surface area (Å²) in [6, 6.07) is 3.80. The van der Waals surface area contributed by atoms with Gasteiger partial charge in [-0.05, 0) is 24.6 Å². The minimum atomic E-state index is -4.41. The number of morpholine rings is 1. The van der Waals surface area contributed by atoms with Crippen LogP contribution in [0.2, 0.25) is 0 Å². The highest BCUT2D eigenvalue weighted by atomic mass is 32.2. The fraction of sp³-hybridized carbons (Fsp3) is 0.538. The van der Waals surface area contributed by atoms with Crippen LogP contribution in [-0.4, -0.2) is 39.0 Å². The normalized spacial score (nSPS) is 19.1. The first kappa shape index (κ1) is 17.2. The molecule has 0 bridgehead atoms. The van der Waals surface area contributed by atoms with Crippen molar-refractivity contribution in [1.82, 2.24) is 9.03 Å². The monoisotopic (exact) mass is 338 g/mol. The van der Waals surface area contributed by atoms with E-state index in [1.165, 1.54) is 16.4 Å². The quantitative estimate of drug-likeness (QED) is 0.913. The van der Waals surface area contributed by atoms with E-state index in [4.69, 9.17) is 4.74 Å². The molecule has 1 aliphatic heterocycles. The van der Waals surface area contributed by atoms with Gasteiger partial charge in [-0.3, -0.25) is 0 Å². The molecule has 2 rings (SSSR count). The molecular formula is C13H17F3N2O3S.